The third kappa shape index (κ3) is 5.99. The van der Waals surface area contributed by atoms with Gasteiger partial charge >= 0.3 is 0 Å². The van der Waals surface area contributed by atoms with Gasteiger partial charge in [0, 0.05) is 15.7 Å². The molecule has 0 atom stereocenters. The summed E-state index contributed by atoms with van der Waals surface area (Å²) in [6.07, 6.45) is 0. The molecule has 2 amide bonds. The van der Waals surface area contributed by atoms with Crippen molar-refractivity contribution in [2.24, 2.45) is 0 Å². The number of nitrogens with one attached hydrogen (secondary N) is 2. The third-order valence-corrected chi connectivity index (χ3v) is 4.17. The van der Waals surface area contributed by atoms with Crippen LogP contribution < -0.4 is 20.1 Å². The van der Waals surface area contributed by atoms with Gasteiger partial charge < -0.3 is 20.1 Å². The first-order valence-corrected chi connectivity index (χ1v) is 9.47. The van der Waals surface area contributed by atoms with Crippen LogP contribution in [0.5, 0.6) is 11.5 Å². The normalized spacial score (nSPS) is 10.2. The monoisotopic (exact) mass is 434 g/mol. The van der Waals surface area contributed by atoms with Crippen LogP contribution in [-0.4, -0.2) is 31.6 Å². The Labute approximate surface area is 167 Å². The van der Waals surface area contributed by atoms with Crippen LogP contribution in [0.15, 0.2) is 40.9 Å². The second kappa shape index (κ2) is 9.97. The van der Waals surface area contributed by atoms with E-state index >= 15 is 0 Å². The molecule has 27 heavy (non-hydrogen) atoms. The van der Waals surface area contributed by atoms with Crippen molar-refractivity contribution < 1.29 is 19.1 Å². The molecule has 2 aromatic carbocycles. The number of halogens is 1. The van der Waals surface area contributed by atoms with Crippen molar-refractivity contribution in [3.05, 3.63) is 52.0 Å². The van der Waals surface area contributed by atoms with Crippen LogP contribution in [0.3, 0.4) is 0 Å². The molecule has 0 aliphatic rings. The maximum absolute atomic E-state index is 12.3. The van der Waals surface area contributed by atoms with Crippen molar-refractivity contribution in [2.45, 2.75) is 20.8 Å². The van der Waals surface area contributed by atoms with Gasteiger partial charge in [-0.2, -0.15) is 0 Å². The van der Waals surface area contributed by atoms with E-state index in [1.54, 1.807) is 24.3 Å². The number of hydrogen-bond acceptors (Lipinski definition) is 4. The molecule has 7 heteroatoms. The van der Waals surface area contributed by atoms with E-state index in [0.717, 1.165) is 10.0 Å². The number of carbonyl (C=O) groups excluding carboxylic acids is 2. The number of rotatable bonds is 8. The summed E-state index contributed by atoms with van der Waals surface area (Å²) in [5.41, 5.74) is 2.03. The zero-order valence-electron chi connectivity index (χ0n) is 15.6. The third-order valence-electron chi connectivity index (χ3n) is 3.68. The van der Waals surface area contributed by atoms with Gasteiger partial charge in [-0.15, -0.1) is 0 Å². The summed E-state index contributed by atoms with van der Waals surface area (Å²) >= 11 is 3.38. The fourth-order valence-electron chi connectivity index (χ4n) is 2.42. The van der Waals surface area contributed by atoms with E-state index < -0.39 is 0 Å². The molecule has 144 valence electrons. The summed E-state index contributed by atoms with van der Waals surface area (Å²) in [7, 11) is 0. The van der Waals surface area contributed by atoms with E-state index in [-0.39, 0.29) is 18.4 Å². The molecule has 0 unspecified atom stereocenters. The van der Waals surface area contributed by atoms with E-state index in [9.17, 15) is 9.59 Å². The van der Waals surface area contributed by atoms with Gasteiger partial charge in [-0.05, 0) is 62.7 Å². The van der Waals surface area contributed by atoms with Crippen molar-refractivity contribution in [3.63, 3.8) is 0 Å². The summed E-state index contributed by atoms with van der Waals surface area (Å²) in [6, 6.07) is 10.5. The molecule has 0 fully saturated rings. The molecule has 0 bridgehead atoms. The Hall–Kier alpha value is -2.54. The Morgan fingerprint density at radius 1 is 1.00 bits per heavy atom. The van der Waals surface area contributed by atoms with Crippen LogP contribution in [-0.2, 0) is 4.79 Å². The lowest BCUT2D eigenvalue weighted by Gasteiger charge is -2.13. The minimum absolute atomic E-state index is 0.133. The van der Waals surface area contributed by atoms with Crippen LogP contribution in [0.25, 0.3) is 0 Å². The second-order valence-electron chi connectivity index (χ2n) is 5.72. The lowest BCUT2D eigenvalue weighted by atomic mass is 10.2. The van der Waals surface area contributed by atoms with E-state index in [1.165, 1.54) is 0 Å². The first-order chi connectivity index (χ1) is 12.9. The van der Waals surface area contributed by atoms with Gasteiger partial charge in [-0.1, -0.05) is 15.9 Å². The molecular weight excluding hydrogens is 412 g/mol. The molecule has 0 saturated carbocycles. The van der Waals surface area contributed by atoms with Gasteiger partial charge in [-0.25, -0.2) is 0 Å². The molecule has 6 nitrogen and oxygen atoms in total. The van der Waals surface area contributed by atoms with Gasteiger partial charge in [0.15, 0.2) is 11.5 Å². The Bertz CT molecular complexity index is 824. The number of benzene rings is 2. The molecule has 0 radical (unpaired) electrons. The largest absolute Gasteiger partial charge is 0.490 e. The van der Waals surface area contributed by atoms with Crippen molar-refractivity contribution in [3.8, 4) is 11.5 Å². The van der Waals surface area contributed by atoms with Gasteiger partial charge in [-0.3, -0.25) is 9.59 Å². The van der Waals surface area contributed by atoms with Crippen LogP contribution >= 0.6 is 15.9 Å². The minimum Gasteiger partial charge on any atom is -0.490 e. The first-order valence-electron chi connectivity index (χ1n) is 8.68. The Morgan fingerprint density at radius 3 is 2.37 bits per heavy atom. The van der Waals surface area contributed by atoms with Crippen LogP contribution in [0.4, 0.5) is 5.69 Å². The van der Waals surface area contributed by atoms with E-state index in [2.05, 4.69) is 26.6 Å². The molecule has 0 saturated heterocycles. The average Bonchev–Trinajstić information content (AvgIpc) is 2.64. The Balaban J connectivity index is 1.98. The molecule has 0 aliphatic carbocycles. The van der Waals surface area contributed by atoms with E-state index in [0.29, 0.717) is 36.0 Å². The number of anilines is 1. The zero-order chi connectivity index (χ0) is 19.8. The fraction of sp³-hybridized carbons (Fsp3) is 0.300. The summed E-state index contributed by atoms with van der Waals surface area (Å²) in [6.45, 7) is 6.46. The maximum Gasteiger partial charge on any atom is 0.251 e. The molecule has 0 spiro atoms. The van der Waals surface area contributed by atoms with Crippen molar-refractivity contribution in [1.82, 2.24) is 5.32 Å². The summed E-state index contributed by atoms with van der Waals surface area (Å²) in [4.78, 5) is 24.5. The predicted octanol–water partition coefficient (Wildman–Crippen LogP) is 3.92. The number of carbonyl (C=O) groups is 2. The van der Waals surface area contributed by atoms with Gasteiger partial charge in [0.05, 0.1) is 19.8 Å². The van der Waals surface area contributed by atoms with Gasteiger partial charge in [0.25, 0.3) is 5.91 Å². The van der Waals surface area contributed by atoms with Crippen LogP contribution in [0.2, 0.25) is 0 Å². The fourth-order valence-corrected chi connectivity index (χ4v) is 2.89. The number of amides is 2. The Morgan fingerprint density at radius 2 is 1.70 bits per heavy atom. The lowest BCUT2D eigenvalue weighted by Crippen LogP contribution is -2.33. The maximum atomic E-state index is 12.3. The van der Waals surface area contributed by atoms with Crippen molar-refractivity contribution in [2.75, 3.05) is 25.1 Å². The average molecular weight is 435 g/mol. The second-order valence-corrected chi connectivity index (χ2v) is 6.63. The van der Waals surface area contributed by atoms with Gasteiger partial charge in [0.1, 0.15) is 0 Å². The standard InChI is InChI=1S/C20H23BrN2O4/c1-4-26-17-9-6-14(11-18(17)27-5-2)20(25)22-12-19(24)23-16-8-7-15(21)10-13(16)3/h6-11H,4-5,12H2,1-3H3,(H,22,25)(H,23,24). The van der Waals surface area contributed by atoms with Crippen LogP contribution in [0.1, 0.15) is 29.8 Å². The highest BCUT2D eigenvalue weighted by Gasteiger charge is 2.13. The number of aryl methyl sites for hydroxylation is 1. The highest BCUT2D eigenvalue weighted by atomic mass is 79.9. The molecule has 0 aliphatic heterocycles. The van der Waals surface area contributed by atoms with Crippen LogP contribution in [0, 0.1) is 6.92 Å². The highest BCUT2D eigenvalue weighted by Crippen LogP contribution is 2.28. The predicted molar refractivity (Wildman–Crippen MR) is 109 cm³/mol. The first kappa shape index (κ1) is 20.8. The molecule has 2 rings (SSSR count). The molecule has 0 heterocycles. The molecule has 0 aromatic heterocycles. The molecule has 2 aromatic rings. The van der Waals surface area contributed by atoms with E-state index in [1.807, 2.05) is 32.9 Å². The summed E-state index contributed by atoms with van der Waals surface area (Å²) in [5, 5.41) is 5.40. The minimum atomic E-state index is -0.360. The summed E-state index contributed by atoms with van der Waals surface area (Å²) < 4.78 is 11.9. The highest BCUT2D eigenvalue weighted by molar-refractivity contribution is 9.10. The zero-order valence-corrected chi connectivity index (χ0v) is 17.2. The number of ether oxygens (including phenoxy) is 2. The van der Waals surface area contributed by atoms with Crippen molar-refractivity contribution in [1.29, 1.82) is 0 Å². The lowest BCUT2D eigenvalue weighted by molar-refractivity contribution is -0.115. The smallest absolute Gasteiger partial charge is 0.251 e. The molecule has 2 N–H and O–H groups in total. The SMILES string of the molecule is CCOc1ccc(C(=O)NCC(=O)Nc2ccc(Br)cc2C)cc1OCC. The van der Waals surface area contributed by atoms with Crippen molar-refractivity contribution >= 4 is 33.4 Å². The molecular formula is C20H23BrN2O4. The van der Waals surface area contributed by atoms with Gasteiger partial charge in [0.2, 0.25) is 5.91 Å². The Kier molecular flexibility index (Phi) is 7.67. The summed E-state index contributed by atoms with van der Waals surface area (Å²) in [5.74, 6) is 0.424. The quantitative estimate of drug-likeness (QED) is 0.659. The number of hydrogen-bond donors (Lipinski definition) is 2. The topological polar surface area (TPSA) is 76.7 Å². The van der Waals surface area contributed by atoms with E-state index in [4.69, 9.17) is 9.47 Å².